The summed E-state index contributed by atoms with van der Waals surface area (Å²) in [5.74, 6) is 0. The van der Waals surface area contributed by atoms with Crippen LogP contribution in [0.3, 0.4) is 0 Å². The van der Waals surface area contributed by atoms with Crippen LogP contribution in [0.5, 0.6) is 0 Å². The summed E-state index contributed by atoms with van der Waals surface area (Å²) in [5.41, 5.74) is 26.1. The van der Waals surface area contributed by atoms with Crippen LogP contribution in [0, 0.1) is 27.7 Å². The van der Waals surface area contributed by atoms with Crippen LogP contribution < -0.4 is 24.8 Å². The van der Waals surface area contributed by atoms with Crippen LogP contribution in [0.2, 0.25) is 26.2 Å². The van der Waals surface area contributed by atoms with Gasteiger partial charge in [-0.2, -0.15) is 24.3 Å². The second-order valence-electron chi connectivity index (χ2n) is 25.2. The normalized spacial score (nSPS) is 10.4. The number of benzene rings is 12. The van der Waals surface area contributed by atoms with Crippen molar-refractivity contribution >= 4 is 54.0 Å². The van der Waals surface area contributed by atoms with E-state index in [-0.39, 0.29) is 35.7 Å². The predicted octanol–water partition coefficient (Wildman–Crippen LogP) is 20.4. The van der Waals surface area contributed by atoms with E-state index in [1.54, 1.807) is 46.7 Å². The molecule has 0 heterocycles. The van der Waals surface area contributed by atoms with E-state index in [9.17, 15) is 0 Å². The quantitative estimate of drug-likeness (QED) is 0.105. The van der Waals surface area contributed by atoms with Crippen LogP contribution >= 0.6 is 0 Å². The second-order valence-corrected chi connectivity index (χ2v) is 43.9. The second kappa shape index (κ2) is 36.1. The average molecular weight is 1500 g/mol. The van der Waals surface area contributed by atoms with Gasteiger partial charge < -0.3 is 24.8 Å². The molecule has 0 amide bonds. The Morgan fingerprint density at radius 1 is 0.204 bits per heavy atom. The average Bonchev–Trinajstić information content (AvgIpc) is 1.66. The van der Waals surface area contributed by atoms with Gasteiger partial charge in [0, 0.05) is 0 Å². The summed E-state index contributed by atoms with van der Waals surface area (Å²) in [4.78, 5) is 0. The van der Waals surface area contributed by atoms with Gasteiger partial charge in [0.05, 0.1) is 0 Å². The van der Waals surface area contributed by atoms with Gasteiger partial charge >= 0.3 is 83.7 Å². The summed E-state index contributed by atoms with van der Waals surface area (Å²) in [5, 5.41) is 10.6. The molecule has 0 aliphatic rings. The summed E-state index contributed by atoms with van der Waals surface area (Å²) in [7, 11) is 0. The molecular weight excluding hydrogens is 1410 g/mol. The van der Waals surface area contributed by atoms with Crippen LogP contribution in [0.4, 0.5) is 0 Å². The van der Waals surface area contributed by atoms with E-state index in [0.717, 1.165) is 0 Å². The zero-order valence-electron chi connectivity index (χ0n) is 57.1. The molecule has 0 aromatic heterocycles. The summed E-state index contributed by atoms with van der Waals surface area (Å²) < 4.78 is 0. The van der Waals surface area contributed by atoms with Gasteiger partial charge in [0.25, 0.3) is 0 Å². The minimum atomic E-state index is 0. The van der Waals surface area contributed by atoms with Crippen molar-refractivity contribution in [1.82, 2.24) is 0 Å². The van der Waals surface area contributed by atoms with Gasteiger partial charge in [-0.15, -0.1) is 138 Å². The molecule has 0 bridgehead atoms. The van der Waals surface area contributed by atoms with E-state index in [4.69, 9.17) is 0 Å². The first-order valence-corrected chi connectivity index (χ1v) is 45.4. The zero-order valence-corrected chi connectivity index (χ0v) is 65.5. The Morgan fingerprint density at radius 3 is 0.561 bits per heavy atom. The molecule has 0 fully saturated rings. The Kier molecular flexibility index (Phi) is 27.3. The molecule has 98 heavy (non-hydrogen) atoms. The third kappa shape index (κ3) is 19.6. The van der Waals surface area contributed by atoms with E-state index in [0.29, 0.717) is 0 Å². The van der Waals surface area contributed by atoms with Crippen molar-refractivity contribution in [3.8, 4) is 89.0 Å². The third-order valence-corrected chi connectivity index (χ3v) is 16.7. The molecule has 16 aromatic carbocycles. The Balaban J connectivity index is 0.000000146. The molecule has 0 spiro atoms. The summed E-state index contributed by atoms with van der Waals surface area (Å²) in [6.45, 7) is 17.9. The van der Waals surface area contributed by atoms with Gasteiger partial charge in [-0.3, -0.25) is 0 Å². The van der Waals surface area contributed by atoms with Crippen molar-refractivity contribution in [3.05, 3.63) is 362 Å². The number of aryl methyl sites for hydroxylation is 4. The fraction of sp³-hybridized carbons (Fsp3) is 0.0870. The van der Waals surface area contributed by atoms with Gasteiger partial charge in [-0.1, -0.05) is 268 Å². The van der Waals surface area contributed by atoms with E-state index in [1.165, 1.54) is 154 Å². The molecule has 0 radical (unpaired) electrons. The van der Waals surface area contributed by atoms with Crippen molar-refractivity contribution in [2.45, 2.75) is 53.9 Å². The fourth-order valence-electron chi connectivity index (χ4n) is 12.5. The van der Waals surface area contributed by atoms with E-state index < -0.39 is 0 Å². The Morgan fingerprint density at radius 2 is 0.367 bits per heavy atom. The van der Waals surface area contributed by atoms with Crippen LogP contribution in [-0.4, -0.2) is 10.9 Å². The van der Waals surface area contributed by atoms with Crippen LogP contribution in [-0.2, 0) is 46.7 Å². The molecular formula is C92H80Cl2Si2Zr2-2. The van der Waals surface area contributed by atoms with E-state index in [1.807, 2.05) is 0 Å². The maximum atomic E-state index is 2.31. The monoisotopic (exact) mass is 1490 g/mol. The first-order chi connectivity index (χ1) is 46.7. The summed E-state index contributed by atoms with van der Waals surface area (Å²) in [6, 6.07) is 122. The minimum absolute atomic E-state index is 0. The van der Waals surface area contributed by atoms with E-state index in [2.05, 4.69) is 394 Å². The molecule has 6 heteroatoms. The van der Waals surface area contributed by atoms with E-state index >= 15 is 0 Å². The fourth-order valence-corrected chi connectivity index (χ4v) is 12.5. The third-order valence-electron chi connectivity index (χ3n) is 16.7. The van der Waals surface area contributed by atoms with Gasteiger partial charge in [0.15, 0.2) is 0 Å². The van der Waals surface area contributed by atoms with Gasteiger partial charge in [0.2, 0.25) is 0 Å². The maximum Gasteiger partial charge on any atom is -0.0178 e. The van der Waals surface area contributed by atoms with Crippen LogP contribution in [0.1, 0.15) is 22.3 Å². The van der Waals surface area contributed by atoms with Crippen molar-refractivity contribution in [1.29, 1.82) is 0 Å². The molecule has 16 rings (SSSR count). The number of fused-ring (bicyclic) bond motifs is 4. The summed E-state index contributed by atoms with van der Waals surface area (Å²) >= 11 is 3.48. The number of halogens is 2. The van der Waals surface area contributed by atoms with Gasteiger partial charge in [-0.05, 0) is 91.0 Å². The van der Waals surface area contributed by atoms with Crippen molar-refractivity contribution in [2.75, 3.05) is 0 Å². The molecule has 0 atom stereocenters. The Labute approximate surface area is 624 Å². The molecule has 0 saturated heterocycles. The van der Waals surface area contributed by atoms with Gasteiger partial charge in [0.1, 0.15) is 0 Å². The van der Waals surface area contributed by atoms with Crippen molar-refractivity contribution < 1.29 is 71.5 Å². The number of hydrogen-bond acceptors (Lipinski definition) is 0. The maximum absolute atomic E-state index is 2.31. The smallest absolute Gasteiger partial charge is 0.0178 e. The molecule has 0 aliphatic carbocycles. The predicted molar refractivity (Wildman–Crippen MR) is 416 cm³/mol. The molecule has 0 N–H and O–H groups in total. The molecule has 0 unspecified atom stereocenters. The SMILES string of the molecule is C[Si](C)=[Zr+2].C[Si](C)=[Zr+2].Cc1cc2c(-c3cccc(-c4ccccc4)c3)cccc2[cH-]1.Cc1cc2c(-c3cccc(-c4ccccc4)c3)cccc2[cH-]1.Cc1cc2c(-c3cccc(-c4ccccc4)c3)cccc2[cH-]1.Cc1cc2c(-c3cccc(-c4ccccc4)c3)cccc2[cH-]1.[Cl-].[Cl-]. The van der Waals surface area contributed by atoms with Crippen LogP contribution in [0.25, 0.3) is 132 Å². The van der Waals surface area contributed by atoms with Crippen LogP contribution in [0.15, 0.2) is 340 Å². The largest absolute Gasteiger partial charge is 1.00 e. The standard InChI is InChI=1S/4C22H17.2C2H6Si.2ClH.2Zr/c4*1-16-13-19-11-6-12-21(22(19)14-16)20-10-5-9-18(15-20)17-7-3-2-4-8-17;2*1-3-2;;;;/h4*2-15H,1H3;2*1-2H3;2*1H;;/q4*-1;;;;;2*+2/p-2. The molecule has 0 aliphatic heterocycles. The first-order valence-electron chi connectivity index (χ1n) is 33.0. The molecule has 0 nitrogen and oxygen atoms in total. The Bertz CT molecular complexity index is 4590. The molecule has 0 saturated carbocycles. The first kappa shape index (κ1) is 74.1. The van der Waals surface area contributed by atoms with Gasteiger partial charge in [-0.25, -0.2) is 0 Å². The zero-order chi connectivity index (χ0) is 66.9. The van der Waals surface area contributed by atoms with Crippen molar-refractivity contribution in [3.63, 3.8) is 0 Å². The van der Waals surface area contributed by atoms with Crippen molar-refractivity contribution in [2.24, 2.45) is 0 Å². The summed E-state index contributed by atoms with van der Waals surface area (Å²) in [6.07, 6.45) is 0. The minimum Gasteiger partial charge on any atom is -1.00 e. The molecule has 480 valence electrons. The number of hydrogen-bond donors (Lipinski definition) is 0. The molecule has 16 aromatic rings. The topological polar surface area (TPSA) is 0 Å². The Hall–Kier alpha value is -8.14. The number of rotatable bonds is 8.